The Morgan fingerprint density at radius 3 is 2.48 bits per heavy atom. The Hall–Kier alpha value is -0.960. The smallest absolute Gasteiger partial charge is 0.162 e. The number of unbranched alkanes of at least 4 members (excludes halogenated alkanes) is 2. The van der Waals surface area contributed by atoms with Crippen LogP contribution in [0.4, 0.5) is 8.78 Å². The van der Waals surface area contributed by atoms with Crippen LogP contribution in [0.2, 0.25) is 0 Å². The zero-order chi connectivity index (χ0) is 21.8. The predicted molar refractivity (Wildman–Crippen MR) is 123 cm³/mol. The molecule has 174 valence electrons. The summed E-state index contributed by atoms with van der Waals surface area (Å²) in [5, 5.41) is 0. The lowest BCUT2D eigenvalue weighted by molar-refractivity contribution is -0.0161. The molecule has 1 aromatic rings. The second kappa shape index (κ2) is 10.8. The molecule has 3 heteroatoms. The van der Waals surface area contributed by atoms with Crippen molar-refractivity contribution in [1.29, 1.82) is 0 Å². The van der Waals surface area contributed by atoms with Crippen molar-refractivity contribution in [3.05, 3.63) is 34.4 Å². The first kappa shape index (κ1) is 23.2. The zero-order valence-corrected chi connectivity index (χ0v) is 19.7. The van der Waals surface area contributed by atoms with Crippen molar-refractivity contribution in [2.24, 2.45) is 17.8 Å². The van der Waals surface area contributed by atoms with E-state index in [1.54, 1.807) is 0 Å². The van der Waals surface area contributed by atoms with E-state index in [0.717, 1.165) is 70.0 Å². The van der Waals surface area contributed by atoms with Gasteiger partial charge in [0.1, 0.15) is 0 Å². The van der Waals surface area contributed by atoms with Crippen molar-refractivity contribution >= 4 is 0 Å². The normalized spacial score (nSPS) is 30.6. The lowest BCUT2D eigenvalue weighted by Crippen LogP contribution is -2.34. The van der Waals surface area contributed by atoms with Gasteiger partial charge in [-0.05, 0) is 105 Å². The monoisotopic (exact) mass is 432 g/mol. The van der Waals surface area contributed by atoms with E-state index in [1.807, 2.05) is 0 Å². The number of rotatable bonds is 8. The Kier molecular flexibility index (Phi) is 8.06. The van der Waals surface area contributed by atoms with Gasteiger partial charge in [0.05, 0.1) is 6.10 Å². The number of benzene rings is 1. The Balaban J connectivity index is 1.41. The molecule has 0 saturated heterocycles. The highest BCUT2D eigenvalue weighted by molar-refractivity contribution is 5.38. The van der Waals surface area contributed by atoms with E-state index < -0.39 is 11.6 Å². The lowest BCUT2D eigenvalue weighted by Gasteiger charge is -2.42. The summed E-state index contributed by atoms with van der Waals surface area (Å²) >= 11 is 0. The molecule has 5 unspecified atom stereocenters. The van der Waals surface area contributed by atoms with Crippen LogP contribution in [-0.2, 0) is 17.6 Å². The SMILES string of the molecule is CCCCOC1CCC2CC(c3cc4c(c(F)c3F)CC(CCCC)CC4)CCC2C1. The van der Waals surface area contributed by atoms with Crippen LogP contribution in [0.25, 0.3) is 0 Å². The summed E-state index contributed by atoms with van der Waals surface area (Å²) in [7, 11) is 0. The molecule has 4 rings (SSSR count). The first-order valence-electron chi connectivity index (χ1n) is 13.2. The highest BCUT2D eigenvalue weighted by atomic mass is 19.2. The van der Waals surface area contributed by atoms with E-state index in [4.69, 9.17) is 4.74 Å². The number of aryl methyl sites for hydroxylation is 1. The summed E-state index contributed by atoms with van der Waals surface area (Å²) < 4.78 is 36.5. The van der Waals surface area contributed by atoms with Gasteiger partial charge in [-0.15, -0.1) is 0 Å². The van der Waals surface area contributed by atoms with Crippen molar-refractivity contribution in [3.8, 4) is 0 Å². The Labute approximate surface area is 188 Å². The molecule has 0 spiro atoms. The molecule has 0 N–H and O–H groups in total. The van der Waals surface area contributed by atoms with Crippen molar-refractivity contribution in [1.82, 2.24) is 0 Å². The third-order valence-electron chi connectivity index (χ3n) is 8.57. The Bertz CT molecular complexity index is 730. The Morgan fingerprint density at radius 1 is 0.903 bits per heavy atom. The molecule has 5 atom stereocenters. The fourth-order valence-electron chi connectivity index (χ4n) is 6.64. The highest BCUT2D eigenvalue weighted by Gasteiger charge is 2.38. The molecule has 0 heterocycles. The van der Waals surface area contributed by atoms with Crippen molar-refractivity contribution in [2.75, 3.05) is 6.61 Å². The van der Waals surface area contributed by atoms with Gasteiger partial charge in [-0.25, -0.2) is 8.78 Å². The molecule has 0 amide bonds. The van der Waals surface area contributed by atoms with Crippen LogP contribution in [0.15, 0.2) is 6.07 Å². The molecule has 3 aliphatic carbocycles. The second-order valence-electron chi connectivity index (χ2n) is 10.7. The van der Waals surface area contributed by atoms with Gasteiger partial charge in [0.25, 0.3) is 0 Å². The molecule has 0 aliphatic heterocycles. The first-order valence-corrected chi connectivity index (χ1v) is 13.2. The van der Waals surface area contributed by atoms with Crippen LogP contribution in [-0.4, -0.2) is 12.7 Å². The van der Waals surface area contributed by atoms with Gasteiger partial charge in [0, 0.05) is 6.61 Å². The summed E-state index contributed by atoms with van der Waals surface area (Å²) in [5.41, 5.74) is 2.46. The Morgan fingerprint density at radius 2 is 1.68 bits per heavy atom. The molecule has 0 aromatic heterocycles. The first-order chi connectivity index (χ1) is 15.1. The maximum absolute atomic E-state index is 15.2. The van der Waals surface area contributed by atoms with Crippen LogP contribution >= 0.6 is 0 Å². The van der Waals surface area contributed by atoms with Crippen LogP contribution in [0.3, 0.4) is 0 Å². The number of halogens is 2. The van der Waals surface area contributed by atoms with E-state index >= 15 is 8.78 Å². The van der Waals surface area contributed by atoms with Crippen LogP contribution in [0.5, 0.6) is 0 Å². The fourth-order valence-corrected chi connectivity index (χ4v) is 6.64. The van der Waals surface area contributed by atoms with E-state index in [1.165, 1.54) is 32.1 Å². The fraction of sp³-hybridized carbons (Fsp3) is 0.786. The molecule has 3 aliphatic rings. The third-order valence-corrected chi connectivity index (χ3v) is 8.57. The van der Waals surface area contributed by atoms with Crippen LogP contribution in [0, 0.1) is 29.4 Å². The van der Waals surface area contributed by atoms with Gasteiger partial charge < -0.3 is 4.74 Å². The molecule has 1 nitrogen and oxygen atoms in total. The van der Waals surface area contributed by atoms with E-state index in [2.05, 4.69) is 19.9 Å². The van der Waals surface area contributed by atoms with Gasteiger partial charge in [-0.3, -0.25) is 0 Å². The zero-order valence-electron chi connectivity index (χ0n) is 19.7. The molecule has 2 saturated carbocycles. The topological polar surface area (TPSA) is 9.23 Å². The van der Waals surface area contributed by atoms with E-state index in [0.29, 0.717) is 35.0 Å². The number of ether oxygens (including phenoxy) is 1. The van der Waals surface area contributed by atoms with E-state index in [9.17, 15) is 0 Å². The summed E-state index contributed by atoms with van der Waals surface area (Å²) in [6, 6.07) is 2.06. The molecule has 31 heavy (non-hydrogen) atoms. The second-order valence-corrected chi connectivity index (χ2v) is 10.7. The quantitative estimate of drug-likeness (QED) is 0.377. The predicted octanol–water partition coefficient (Wildman–Crippen LogP) is 8.13. The van der Waals surface area contributed by atoms with Crippen molar-refractivity contribution in [2.45, 2.75) is 116 Å². The molecule has 1 aromatic carbocycles. The van der Waals surface area contributed by atoms with Crippen LogP contribution < -0.4 is 0 Å². The highest BCUT2D eigenvalue weighted by Crippen LogP contribution is 2.48. The largest absolute Gasteiger partial charge is 0.378 e. The van der Waals surface area contributed by atoms with Gasteiger partial charge in [0.15, 0.2) is 11.6 Å². The number of hydrogen-bond donors (Lipinski definition) is 0. The summed E-state index contributed by atoms with van der Waals surface area (Å²) in [4.78, 5) is 0. The van der Waals surface area contributed by atoms with Gasteiger partial charge >= 0.3 is 0 Å². The number of fused-ring (bicyclic) bond motifs is 2. The van der Waals surface area contributed by atoms with Gasteiger partial charge in [-0.1, -0.05) is 45.6 Å². The molecular weight excluding hydrogens is 390 g/mol. The minimum absolute atomic E-state index is 0.191. The minimum atomic E-state index is -0.532. The summed E-state index contributed by atoms with van der Waals surface area (Å²) in [5.74, 6) is 1.02. The molecule has 0 bridgehead atoms. The van der Waals surface area contributed by atoms with E-state index in [-0.39, 0.29) is 5.92 Å². The third kappa shape index (κ3) is 5.34. The average molecular weight is 433 g/mol. The number of hydrogen-bond acceptors (Lipinski definition) is 1. The van der Waals surface area contributed by atoms with Crippen LogP contribution in [0.1, 0.15) is 114 Å². The minimum Gasteiger partial charge on any atom is -0.378 e. The maximum Gasteiger partial charge on any atom is 0.162 e. The van der Waals surface area contributed by atoms with Crippen molar-refractivity contribution in [3.63, 3.8) is 0 Å². The van der Waals surface area contributed by atoms with Gasteiger partial charge in [-0.2, -0.15) is 0 Å². The summed E-state index contributed by atoms with van der Waals surface area (Å²) in [6.45, 7) is 5.29. The molecule has 0 radical (unpaired) electrons. The molecular formula is C28H42F2O. The maximum atomic E-state index is 15.2. The molecule has 2 fully saturated rings. The average Bonchev–Trinajstić information content (AvgIpc) is 2.80. The van der Waals surface area contributed by atoms with Gasteiger partial charge in [0.2, 0.25) is 0 Å². The van der Waals surface area contributed by atoms with Crippen molar-refractivity contribution < 1.29 is 13.5 Å². The standard InChI is InChI=1S/C28H42F2O/c1-3-5-7-19-8-9-23-18-26(28(30)27(29)25(23)15-19)22-11-10-21-17-24(31-14-6-4-2)13-12-20(21)16-22/h18-22,24H,3-17H2,1-2H3. The summed E-state index contributed by atoms with van der Waals surface area (Å²) in [6.07, 6.45) is 15.7. The lowest BCUT2D eigenvalue weighted by atomic mass is 9.65.